The Balaban J connectivity index is 1.52. The van der Waals surface area contributed by atoms with Crippen molar-refractivity contribution in [3.8, 4) is 0 Å². The number of nitrogens with one attached hydrogen (secondary N) is 3. The highest BCUT2D eigenvalue weighted by molar-refractivity contribution is 5.97. The van der Waals surface area contributed by atoms with E-state index in [-0.39, 0.29) is 5.91 Å². The van der Waals surface area contributed by atoms with E-state index in [4.69, 9.17) is 5.73 Å². The lowest BCUT2D eigenvalue weighted by molar-refractivity contribution is -0.898. The summed E-state index contributed by atoms with van der Waals surface area (Å²) in [6, 6.07) is 14.3. The fourth-order valence-electron chi connectivity index (χ4n) is 3.49. The van der Waals surface area contributed by atoms with Gasteiger partial charge >= 0.3 is 0 Å². The van der Waals surface area contributed by atoms with Gasteiger partial charge < -0.3 is 26.2 Å². The summed E-state index contributed by atoms with van der Waals surface area (Å²) in [5.41, 5.74) is 8.38. The van der Waals surface area contributed by atoms with Crippen molar-refractivity contribution in [1.82, 2.24) is 0 Å². The molecule has 5 N–H and O–H groups in total. The summed E-state index contributed by atoms with van der Waals surface area (Å²) in [7, 11) is 0. The first-order valence-electron chi connectivity index (χ1n) is 10.1. The van der Waals surface area contributed by atoms with Crippen molar-refractivity contribution in [1.29, 1.82) is 0 Å². The number of likely N-dealkylation sites (N-methyl/N-ethyl adjacent to an activating group) is 1. The molecule has 0 spiro atoms. The molecule has 2 amide bonds. The minimum atomic E-state index is -0.491. The van der Waals surface area contributed by atoms with Crippen molar-refractivity contribution < 1.29 is 14.5 Å². The summed E-state index contributed by atoms with van der Waals surface area (Å²) in [4.78, 5) is 27.6. The van der Waals surface area contributed by atoms with Crippen LogP contribution < -0.4 is 26.2 Å². The van der Waals surface area contributed by atoms with Crippen LogP contribution in [0.5, 0.6) is 0 Å². The SMILES string of the molecule is CC[NH+]1CCN(c2ccc(N[C@H](C)C(=O)Nc3ccc(C(N)=O)cc3)cc2)CC1. The van der Waals surface area contributed by atoms with Crippen LogP contribution in [0.1, 0.15) is 24.2 Å². The number of piperazine rings is 1. The van der Waals surface area contributed by atoms with Crippen molar-refractivity contribution in [3.63, 3.8) is 0 Å². The quantitative estimate of drug-likeness (QED) is 0.561. The predicted octanol–water partition coefficient (Wildman–Crippen LogP) is 0.949. The highest BCUT2D eigenvalue weighted by atomic mass is 16.2. The Bertz CT molecular complexity index is 827. The van der Waals surface area contributed by atoms with Crippen LogP contribution in [-0.2, 0) is 4.79 Å². The molecule has 0 aliphatic carbocycles. The summed E-state index contributed by atoms with van der Waals surface area (Å²) < 4.78 is 0. The van der Waals surface area contributed by atoms with E-state index in [1.165, 1.54) is 25.3 Å². The molecule has 1 aliphatic rings. The monoisotopic (exact) mass is 396 g/mol. The summed E-state index contributed by atoms with van der Waals surface area (Å²) in [5.74, 6) is -0.644. The number of hydrogen-bond donors (Lipinski definition) is 4. The van der Waals surface area contributed by atoms with Crippen LogP contribution in [0.4, 0.5) is 17.1 Å². The Kier molecular flexibility index (Phi) is 6.72. The third-order valence-electron chi connectivity index (χ3n) is 5.42. The van der Waals surface area contributed by atoms with Gasteiger partial charge in [-0.2, -0.15) is 0 Å². The van der Waals surface area contributed by atoms with E-state index < -0.39 is 11.9 Å². The molecule has 1 saturated heterocycles. The smallest absolute Gasteiger partial charge is 0.248 e. The topological polar surface area (TPSA) is 91.9 Å². The van der Waals surface area contributed by atoms with Gasteiger partial charge in [-0.1, -0.05) is 0 Å². The summed E-state index contributed by atoms with van der Waals surface area (Å²) in [6.45, 7) is 9.73. The normalized spacial score (nSPS) is 15.6. The van der Waals surface area contributed by atoms with Gasteiger partial charge in [0.05, 0.1) is 32.7 Å². The van der Waals surface area contributed by atoms with Crippen molar-refractivity contribution in [2.45, 2.75) is 19.9 Å². The average Bonchev–Trinajstić information content (AvgIpc) is 2.74. The second-order valence-electron chi connectivity index (χ2n) is 7.43. The Hall–Kier alpha value is -3.06. The lowest BCUT2D eigenvalue weighted by Gasteiger charge is -2.33. The fraction of sp³-hybridized carbons (Fsp3) is 0.364. The minimum absolute atomic E-state index is 0.153. The summed E-state index contributed by atoms with van der Waals surface area (Å²) in [6.07, 6.45) is 0. The molecule has 7 nitrogen and oxygen atoms in total. The molecule has 1 heterocycles. The number of nitrogens with zero attached hydrogens (tertiary/aromatic N) is 1. The number of hydrogen-bond acceptors (Lipinski definition) is 4. The van der Waals surface area contributed by atoms with Gasteiger partial charge in [0.2, 0.25) is 11.8 Å². The Morgan fingerprint density at radius 1 is 1.03 bits per heavy atom. The number of carbonyl (C=O) groups excluding carboxylic acids is 2. The van der Waals surface area contributed by atoms with Crippen LogP contribution in [0.3, 0.4) is 0 Å². The van der Waals surface area contributed by atoms with Crippen LogP contribution >= 0.6 is 0 Å². The van der Waals surface area contributed by atoms with Gasteiger partial charge in [0.15, 0.2) is 0 Å². The first kappa shape index (κ1) is 20.7. The molecule has 154 valence electrons. The molecule has 7 heteroatoms. The molecule has 1 fully saturated rings. The maximum absolute atomic E-state index is 12.4. The fourth-order valence-corrected chi connectivity index (χ4v) is 3.49. The predicted molar refractivity (Wildman–Crippen MR) is 117 cm³/mol. The van der Waals surface area contributed by atoms with E-state index in [0.29, 0.717) is 11.3 Å². The van der Waals surface area contributed by atoms with Crippen molar-refractivity contribution in [3.05, 3.63) is 54.1 Å². The van der Waals surface area contributed by atoms with Gasteiger partial charge in [-0.15, -0.1) is 0 Å². The molecule has 1 aliphatic heterocycles. The van der Waals surface area contributed by atoms with Gasteiger partial charge in [-0.05, 0) is 62.4 Å². The van der Waals surface area contributed by atoms with E-state index in [2.05, 4.69) is 34.6 Å². The number of rotatable bonds is 7. The zero-order chi connectivity index (χ0) is 20.8. The zero-order valence-electron chi connectivity index (χ0n) is 17.1. The van der Waals surface area contributed by atoms with Gasteiger partial charge in [-0.25, -0.2) is 0 Å². The maximum atomic E-state index is 12.4. The van der Waals surface area contributed by atoms with E-state index in [9.17, 15) is 9.59 Å². The zero-order valence-corrected chi connectivity index (χ0v) is 17.1. The third-order valence-corrected chi connectivity index (χ3v) is 5.42. The van der Waals surface area contributed by atoms with Crippen LogP contribution in [0, 0.1) is 0 Å². The lowest BCUT2D eigenvalue weighted by atomic mass is 10.2. The average molecular weight is 397 g/mol. The molecular formula is C22H30N5O2+. The van der Waals surface area contributed by atoms with Crippen LogP contribution in [-0.4, -0.2) is 50.6 Å². The molecule has 0 saturated carbocycles. The molecule has 1 atom stereocenters. The van der Waals surface area contributed by atoms with Gasteiger partial charge in [-0.3, -0.25) is 9.59 Å². The first-order chi connectivity index (χ1) is 14.0. The summed E-state index contributed by atoms with van der Waals surface area (Å²) in [5, 5.41) is 6.07. The van der Waals surface area contributed by atoms with E-state index in [1.807, 2.05) is 19.1 Å². The highest BCUT2D eigenvalue weighted by Gasteiger charge is 2.19. The second kappa shape index (κ2) is 9.43. The minimum Gasteiger partial charge on any atom is -0.374 e. The third kappa shape index (κ3) is 5.48. The van der Waals surface area contributed by atoms with Gasteiger partial charge in [0.25, 0.3) is 0 Å². The van der Waals surface area contributed by atoms with E-state index >= 15 is 0 Å². The van der Waals surface area contributed by atoms with Crippen molar-refractivity contribution >= 4 is 28.9 Å². The molecular weight excluding hydrogens is 366 g/mol. The lowest BCUT2D eigenvalue weighted by Crippen LogP contribution is -3.14. The maximum Gasteiger partial charge on any atom is 0.248 e. The van der Waals surface area contributed by atoms with E-state index in [0.717, 1.165) is 18.8 Å². The van der Waals surface area contributed by atoms with Crippen molar-refractivity contribution in [2.24, 2.45) is 5.73 Å². The Labute approximate surface area is 171 Å². The largest absolute Gasteiger partial charge is 0.374 e. The van der Waals surface area contributed by atoms with Crippen LogP contribution in [0.15, 0.2) is 48.5 Å². The molecule has 3 rings (SSSR count). The number of benzene rings is 2. The standard InChI is InChI=1S/C22H29N5O2/c1-3-26-12-14-27(15-13-26)20-10-8-18(9-11-20)24-16(2)22(29)25-19-6-4-17(5-7-19)21(23)28/h4-11,16,24H,3,12-15H2,1-2H3,(H2,23,28)(H,25,29)/p+1/t16-/m1/s1. The molecule has 2 aromatic rings. The van der Waals surface area contributed by atoms with Crippen molar-refractivity contribution in [2.75, 3.05) is 48.3 Å². The van der Waals surface area contributed by atoms with Crippen LogP contribution in [0.2, 0.25) is 0 Å². The number of quaternary nitrogens is 1. The van der Waals surface area contributed by atoms with Gasteiger partial charge in [0.1, 0.15) is 6.04 Å². The number of primary amides is 1. The first-order valence-corrected chi connectivity index (χ1v) is 10.1. The number of nitrogens with two attached hydrogens (primary N) is 1. The van der Waals surface area contributed by atoms with Gasteiger partial charge in [0, 0.05) is 22.6 Å². The molecule has 0 unspecified atom stereocenters. The molecule has 0 radical (unpaired) electrons. The molecule has 0 bridgehead atoms. The number of anilines is 3. The molecule has 2 aromatic carbocycles. The highest BCUT2D eigenvalue weighted by Crippen LogP contribution is 2.19. The molecule has 29 heavy (non-hydrogen) atoms. The van der Waals surface area contributed by atoms with E-state index in [1.54, 1.807) is 29.2 Å². The summed E-state index contributed by atoms with van der Waals surface area (Å²) >= 11 is 0. The molecule has 0 aromatic heterocycles. The Morgan fingerprint density at radius 2 is 1.62 bits per heavy atom. The Morgan fingerprint density at radius 3 is 2.17 bits per heavy atom. The number of amides is 2. The van der Waals surface area contributed by atoms with Crippen LogP contribution in [0.25, 0.3) is 0 Å². The number of carbonyl (C=O) groups is 2. The second-order valence-corrected chi connectivity index (χ2v) is 7.43.